The first kappa shape index (κ1) is 18.0. The smallest absolute Gasteiger partial charge is 0.173 e. The summed E-state index contributed by atoms with van der Waals surface area (Å²) in [5.74, 6) is -1.63. The summed E-state index contributed by atoms with van der Waals surface area (Å²) in [5.41, 5.74) is 0.422. The normalized spacial score (nSPS) is 17.2. The van der Waals surface area contributed by atoms with Gasteiger partial charge in [-0.15, -0.1) is 13.2 Å². The monoisotopic (exact) mass is 304 g/mol. The second-order valence-electron chi connectivity index (χ2n) is 6.17. The highest BCUT2D eigenvalue weighted by atomic mass is 16.3. The molecule has 0 aromatic rings. The van der Waals surface area contributed by atoms with Crippen molar-refractivity contribution in [1.29, 1.82) is 0 Å². The van der Waals surface area contributed by atoms with Gasteiger partial charge in [-0.1, -0.05) is 11.1 Å². The first-order valence-corrected chi connectivity index (χ1v) is 7.30. The highest BCUT2D eigenvalue weighted by Crippen LogP contribution is 2.44. The molecule has 0 fully saturated rings. The number of ketones is 2. The number of carbonyl (C=O) groups is 2. The number of hydrogen-bond donors (Lipinski definition) is 2. The molecule has 0 amide bonds. The Bertz CT molecular complexity index is 572. The standard InChI is InChI=1S/C18H24O4/c1-11(2)6-8-18(9-7-12(3)4)15(21)10-14(20)16(13(5)19)17(18)22/h10,20,22H,1,3,6-9H2,2,4-5H3. The lowest BCUT2D eigenvalue weighted by atomic mass is 9.68. The minimum absolute atomic E-state index is 0.164. The molecule has 0 atom stereocenters. The van der Waals surface area contributed by atoms with E-state index in [1.807, 2.05) is 13.8 Å². The van der Waals surface area contributed by atoms with Gasteiger partial charge in [-0.2, -0.15) is 0 Å². The van der Waals surface area contributed by atoms with Gasteiger partial charge in [-0.3, -0.25) is 9.59 Å². The van der Waals surface area contributed by atoms with Crippen LogP contribution in [0.4, 0.5) is 0 Å². The maximum atomic E-state index is 12.5. The van der Waals surface area contributed by atoms with Crippen molar-refractivity contribution in [2.45, 2.75) is 46.5 Å². The quantitative estimate of drug-likeness (QED) is 0.694. The molecule has 0 aliphatic heterocycles. The molecule has 120 valence electrons. The van der Waals surface area contributed by atoms with Gasteiger partial charge >= 0.3 is 0 Å². The van der Waals surface area contributed by atoms with Crippen molar-refractivity contribution in [3.05, 3.63) is 47.5 Å². The summed E-state index contributed by atoms with van der Waals surface area (Å²) < 4.78 is 0. The summed E-state index contributed by atoms with van der Waals surface area (Å²) in [6.07, 6.45) is 2.84. The van der Waals surface area contributed by atoms with Gasteiger partial charge < -0.3 is 10.2 Å². The molecule has 1 rings (SSSR count). The first-order valence-electron chi connectivity index (χ1n) is 7.30. The van der Waals surface area contributed by atoms with Crippen LogP contribution in [0, 0.1) is 5.41 Å². The van der Waals surface area contributed by atoms with E-state index in [1.165, 1.54) is 6.92 Å². The highest BCUT2D eigenvalue weighted by Gasteiger charge is 2.46. The predicted molar refractivity (Wildman–Crippen MR) is 86.6 cm³/mol. The third-order valence-electron chi connectivity index (χ3n) is 3.99. The summed E-state index contributed by atoms with van der Waals surface area (Å²) in [6.45, 7) is 12.6. The maximum absolute atomic E-state index is 12.5. The van der Waals surface area contributed by atoms with Crippen molar-refractivity contribution < 1.29 is 19.8 Å². The van der Waals surface area contributed by atoms with Crippen LogP contribution in [0.5, 0.6) is 0 Å². The van der Waals surface area contributed by atoms with Crippen molar-refractivity contribution in [3.8, 4) is 0 Å². The predicted octanol–water partition coefficient (Wildman–Crippen LogP) is 4.11. The molecule has 0 unspecified atom stereocenters. The Kier molecular flexibility index (Phi) is 5.53. The molecule has 0 spiro atoms. The molecule has 22 heavy (non-hydrogen) atoms. The molecule has 2 N–H and O–H groups in total. The van der Waals surface area contributed by atoms with Crippen LogP contribution in [-0.4, -0.2) is 21.8 Å². The topological polar surface area (TPSA) is 74.6 Å². The number of aliphatic hydroxyl groups is 2. The van der Waals surface area contributed by atoms with E-state index in [0.717, 1.165) is 17.2 Å². The van der Waals surface area contributed by atoms with Crippen LogP contribution in [0.2, 0.25) is 0 Å². The van der Waals surface area contributed by atoms with Crippen molar-refractivity contribution in [2.24, 2.45) is 5.41 Å². The van der Waals surface area contributed by atoms with E-state index in [2.05, 4.69) is 13.2 Å². The molecule has 1 aliphatic carbocycles. The van der Waals surface area contributed by atoms with Gasteiger partial charge in [0.1, 0.15) is 11.5 Å². The lowest BCUT2D eigenvalue weighted by Crippen LogP contribution is -2.37. The lowest BCUT2D eigenvalue weighted by molar-refractivity contribution is -0.125. The van der Waals surface area contributed by atoms with E-state index in [0.29, 0.717) is 25.7 Å². The Morgan fingerprint density at radius 1 is 1.09 bits per heavy atom. The maximum Gasteiger partial charge on any atom is 0.173 e. The third-order valence-corrected chi connectivity index (χ3v) is 3.99. The van der Waals surface area contributed by atoms with E-state index < -0.39 is 17.0 Å². The Morgan fingerprint density at radius 2 is 1.55 bits per heavy atom. The van der Waals surface area contributed by atoms with Crippen LogP contribution in [-0.2, 0) is 9.59 Å². The van der Waals surface area contributed by atoms with Crippen LogP contribution in [0.15, 0.2) is 47.5 Å². The van der Waals surface area contributed by atoms with E-state index in [9.17, 15) is 19.8 Å². The largest absolute Gasteiger partial charge is 0.510 e. The minimum Gasteiger partial charge on any atom is -0.510 e. The minimum atomic E-state index is -1.19. The molecule has 0 saturated carbocycles. The molecule has 0 radical (unpaired) electrons. The average Bonchev–Trinajstić information content (AvgIpc) is 2.36. The summed E-state index contributed by atoms with van der Waals surface area (Å²) in [5, 5.41) is 20.4. The second kappa shape index (κ2) is 6.77. The molecule has 4 heteroatoms. The Balaban J connectivity index is 3.38. The van der Waals surface area contributed by atoms with Crippen LogP contribution in [0.3, 0.4) is 0 Å². The molecular weight excluding hydrogens is 280 g/mol. The zero-order valence-electron chi connectivity index (χ0n) is 13.5. The summed E-state index contributed by atoms with van der Waals surface area (Å²) in [7, 11) is 0. The van der Waals surface area contributed by atoms with E-state index in [4.69, 9.17) is 0 Å². The number of carbonyl (C=O) groups excluding carboxylic acids is 2. The van der Waals surface area contributed by atoms with E-state index >= 15 is 0 Å². The number of rotatable bonds is 7. The summed E-state index contributed by atoms with van der Waals surface area (Å²) in [4.78, 5) is 24.3. The van der Waals surface area contributed by atoms with Crippen LogP contribution in [0.1, 0.15) is 46.5 Å². The van der Waals surface area contributed by atoms with Crippen LogP contribution in [0.25, 0.3) is 0 Å². The van der Waals surface area contributed by atoms with Gasteiger partial charge in [0.25, 0.3) is 0 Å². The Morgan fingerprint density at radius 3 is 1.91 bits per heavy atom. The number of Topliss-reactive ketones (excluding diaryl/α,β-unsaturated/α-hetero) is 1. The van der Waals surface area contributed by atoms with Crippen molar-refractivity contribution in [3.63, 3.8) is 0 Å². The molecule has 0 saturated heterocycles. The summed E-state index contributed by atoms with van der Waals surface area (Å²) in [6, 6.07) is 0. The molecule has 1 aliphatic rings. The first-order chi connectivity index (χ1) is 10.1. The highest BCUT2D eigenvalue weighted by molar-refractivity contribution is 6.07. The third kappa shape index (κ3) is 3.56. The van der Waals surface area contributed by atoms with Gasteiger partial charge in [-0.05, 0) is 46.5 Å². The van der Waals surface area contributed by atoms with Gasteiger partial charge in [0, 0.05) is 6.08 Å². The number of allylic oxidation sites excluding steroid dienone is 5. The fourth-order valence-electron chi connectivity index (χ4n) is 2.62. The molecule has 0 aromatic carbocycles. The van der Waals surface area contributed by atoms with Gasteiger partial charge in [0.15, 0.2) is 11.6 Å². The Hall–Kier alpha value is -2.10. The number of hydrogen-bond acceptors (Lipinski definition) is 4. The van der Waals surface area contributed by atoms with E-state index in [1.54, 1.807) is 0 Å². The zero-order valence-corrected chi connectivity index (χ0v) is 13.5. The molecule has 4 nitrogen and oxygen atoms in total. The molecule has 0 aromatic heterocycles. The fraction of sp³-hybridized carbons (Fsp3) is 0.444. The average molecular weight is 304 g/mol. The van der Waals surface area contributed by atoms with Crippen molar-refractivity contribution in [1.82, 2.24) is 0 Å². The van der Waals surface area contributed by atoms with Crippen molar-refractivity contribution >= 4 is 11.6 Å². The summed E-state index contributed by atoms with van der Waals surface area (Å²) >= 11 is 0. The zero-order chi connectivity index (χ0) is 17.1. The van der Waals surface area contributed by atoms with Crippen LogP contribution < -0.4 is 0 Å². The molecular formula is C18H24O4. The van der Waals surface area contributed by atoms with Crippen molar-refractivity contribution in [2.75, 3.05) is 0 Å². The van der Waals surface area contributed by atoms with Gasteiger partial charge in [-0.25, -0.2) is 0 Å². The second-order valence-corrected chi connectivity index (χ2v) is 6.17. The lowest BCUT2D eigenvalue weighted by Gasteiger charge is -2.35. The Labute approximate surface area is 131 Å². The SMILES string of the molecule is C=C(C)CCC1(CCC(=C)C)C(=O)C=C(O)C(C(C)=O)=C1O. The fourth-order valence-corrected chi connectivity index (χ4v) is 2.62. The number of aliphatic hydroxyl groups excluding tert-OH is 2. The van der Waals surface area contributed by atoms with Crippen LogP contribution >= 0.6 is 0 Å². The van der Waals surface area contributed by atoms with E-state index in [-0.39, 0.29) is 17.1 Å². The molecule has 0 heterocycles. The van der Waals surface area contributed by atoms with Gasteiger partial charge in [0.05, 0.1) is 11.0 Å². The molecule has 0 bridgehead atoms. The van der Waals surface area contributed by atoms with Gasteiger partial charge in [0.2, 0.25) is 0 Å².